The highest BCUT2D eigenvalue weighted by atomic mass is 32.1. The van der Waals surface area contributed by atoms with Crippen LogP contribution in [0.5, 0.6) is 0 Å². The number of amides is 2. The lowest BCUT2D eigenvalue weighted by atomic mass is 10.0. The van der Waals surface area contributed by atoms with E-state index >= 15 is 0 Å². The predicted octanol–water partition coefficient (Wildman–Crippen LogP) is 4.08. The van der Waals surface area contributed by atoms with E-state index in [9.17, 15) is 9.59 Å². The molecule has 1 unspecified atom stereocenters. The zero-order valence-corrected chi connectivity index (χ0v) is 21.2. The molecule has 1 aromatic heterocycles. The van der Waals surface area contributed by atoms with E-state index in [0.717, 1.165) is 50.1 Å². The molecular formula is C28H33N5O2S. The molecule has 2 aromatic carbocycles. The number of nitrogens with one attached hydrogen (secondary N) is 3. The third-order valence-corrected chi connectivity index (χ3v) is 7.09. The molecule has 7 nitrogen and oxygen atoms in total. The molecule has 2 heterocycles. The maximum absolute atomic E-state index is 12.8. The van der Waals surface area contributed by atoms with E-state index in [1.165, 1.54) is 28.5 Å². The third kappa shape index (κ3) is 8.39. The van der Waals surface area contributed by atoms with Crippen LogP contribution in [0.25, 0.3) is 0 Å². The summed E-state index contributed by atoms with van der Waals surface area (Å²) in [5.41, 5.74) is 2.44. The number of benzene rings is 2. The first-order valence-corrected chi connectivity index (χ1v) is 13.4. The molecule has 36 heavy (non-hydrogen) atoms. The molecular weight excluding hydrogens is 470 g/mol. The molecule has 4 rings (SSSR count). The van der Waals surface area contributed by atoms with Crippen molar-refractivity contribution in [1.29, 1.82) is 0 Å². The average molecular weight is 504 g/mol. The second-order valence-corrected chi connectivity index (χ2v) is 10.0. The van der Waals surface area contributed by atoms with Gasteiger partial charge in [-0.3, -0.25) is 14.9 Å². The van der Waals surface area contributed by atoms with Gasteiger partial charge in [0, 0.05) is 18.5 Å². The largest absolute Gasteiger partial charge is 0.349 e. The molecule has 188 valence electrons. The maximum Gasteiger partial charge on any atom is 0.249 e. The molecule has 2 amide bonds. The molecule has 8 heteroatoms. The van der Waals surface area contributed by atoms with Crippen molar-refractivity contribution in [2.24, 2.45) is 0 Å². The molecule has 2 atom stereocenters. The Morgan fingerprint density at radius 1 is 0.972 bits per heavy atom. The fourth-order valence-corrected chi connectivity index (χ4v) is 4.94. The van der Waals surface area contributed by atoms with Gasteiger partial charge in [0.05, 0.1) is 6.04 Å². The van der Waals surface area contributed by atoms with Crippen LogP contribution < -0.4 is 16.0 Å². The van der Waals surface area contributed by atoms with E-state index in [2.05, 4.69) is 50.4 Å². The second-order valence-electron chi connectivity index (χ2n) is 8.98. The van der Waals surface area contributed by atoms with Gasteiger partial charge in [0.2, 0.25) is 16.9 Å². The van der Waals surface area contributed by atoms with Crippen molar-refractivity contribution >= 4 is 28.3 Å². The predicted molar refractivity (Wildman–Crippen MR) is 144 cm³/mol. The number of hydrogen-bond donors (Lipinski definition) is 3. The number of hydrogen-bond acceptors (Lipinski definition) is 6. The zero-order chi connectivity index (χ0) is 25.0. The van der Waals surface area contributed by atoms with Crippen molar-refractivity contribution in [3.63, 3.8) is 0 Å². The van der Waals surface area contributed by atoms with E-state index in [-0.39, 0.29) is 23.9 Å². The third-order valence-electron chi connectivity index (χ3n) is 6.19. The topological polar surface area (TPSA) is 96.0 Å². The summed E-state index contributed by atoms with van der Waals surface area (Å²) in [6, 6.07) is 20.0. The van der Waals surface area contributed by atoms with Crippen LogP contribution in [0.1, 0.15) is 41.8 Å². The van der Waals surface area contributed by atoms with Crippen LogP contribution in [0.2, 0.25) is 0 Å². The minimum atomic E-state index is -0.282. The summed E-state index contributed by atoms with van der Waals surface area (Å²) in [6.07, 6.45) is 9.40. The molecule has 3 N–H and O–H groups in total. The molecule has 0 aliphatic carbocycles. The van der Waals surface area contributed by atoms with Gasteiger partial charge >= 0.3 is 0 Å². The molecule has 1 saturated heterocycles. The van der Waals surface area contributed by atoms with Gasteiger partial charge in [-0.15, -0.1) is 10.2 Å². The zero-order valence-electron chi connectivity index (χ0n) is 20.4. The molecule has 0 spiro atoms. The minimum absolute atomic E-state index is 0.00926. The highest BCUT2D eigenvalue weighted by molar-refractivity contribution is 7.15. The summed E-state index contributed by atoms with van der Waals surface area (Å²) in [5, 5.41) is 18.9. The summed E-state index contributed by atoms with van der Waals surface area (Å²) >= 11 is 1.39. The Morgan fingerprint density at radius 3 is 2.39 bits per heavy atom. The lowest BCUT2D eigenvalue weighted by molar-refractivity contribution is -0.124. The van der Waals surface area contributed by atoms with Crippen LogP contribution in [0, 0.1) is 0 Å². The highest BCUT2D eigenvalue weighted by Crippen LogP contribution is 2.17. The molecule has 0 saturated carbocycles. The SMILES string of the molecule is O=C(/C=C/[C@H](CCc1ccccc1)NC(=O)C1CCCCN1)Nc1nnc(CCc2ccccc2)s1. The number of aryl methyl sites for hydroxylation is 3. The summed E-state index contributed by atoms with van der Waals surface area (Å²) < 4.78 is 0. The van der Waals surface area contributed by atoms with Crippen LogP contribution >= 0.6 is 11.3 Å². The van der Waals surface area contributed by atoms with Crippen molar-refractivity contribution in [1.82, 2.24) is 20.8 Å². The second kappa shape index (κ2) is 13.7. The Balaban J connectivity index is 1.31. The molecule has 0 bridgehead atoms. The molecule has 0 radical (unpaired) electrons. The average Bonchev–Trinajstić information content (AvgIpc) is 3.37. The molecule has 3 aromatic rings. The van der Waals surface area contributed by atoms with Crippen molar-refractivity contribution in [3.8, 4) is 0 Å². The Morgan fingerprint density at radius 2 is 1.69 bits per heavy atom. The fraction of sp³-hybridized carbons (Fsp3) is 0.357. The van der Waals surface area contributed by atoms with Crippen molar-refractivity contribution in [3.05, 3.63) is 89.0 Å². The molecule has 1 fully saturated rings. The van der Waals surface area contributed by atoms with E-state index in [1.54, 1.807) is 6.08 Å². The Hall–Kier alpha value is -3.36. The Labute approximate surface area is 216 Å². The lowest BCUT2D eigenvalue weighted by Crippen LogP contribution is -2.49. The van der Waals surface area contributed by atoms with Gasteiger partial charge in [-0.2, -0.15) is 0 Å². The number of nitrogens with zero attached hydrogens (tertiary/aromatic N) is 2. The first-order chi connectivity index (χ1) is 17.7. The Kier molecular flexibility index (Phi) is 9.76. The van der Waals surface area contributed by atoms with Gasteiger partial charge in [0.15, 0.2) is 0 Å². The molecule has 1 aliphatic heterocycles. The number of aromatic nitrogens is 2. The number of carbonyl (C=O) groups excluding carboxylic acids is 2. The number of rotatable bonds is 11. The van der Waals surface area contributed by atoms with E-state index in [4.69, 9.17) is 0 Å². The summed E-state index contributed by atoms with van der Waals surface area (Å²) in [5.74, 6) is -0.291. The molecule has 1 aliphatic rings. The van der Waals surface area contributed by atoms with Gasteiger partial charge in [-0.1, -0.05) is 84.5 Å². The first-order valence-electron chi connectivity index (χ1n) is 12.6. The summed E-state index contributed by atoms with van der Waals surface area (Å²) in [7, 11) is 0. The van der Waals surface area contributed by atoms with Gasteiger partial charge in [0.1, 0.15) is 5.01 Å². The van der Waals surface area contributed by atoms with Crippen LogP contribution in [-0.2, 0) is 28.9 Å². The number of anilines is 1. The van der Waals surface area contributed by atoms with Crippen molar-refractivity contribution in [2.75, 3.05) is 11.9 Å². The van der Waals surface area contributed by atoms with Gasteiger partial charge in [-0.25, -0.2) is 0 Å². The summed E-state index contributed by atoms with van der Waals surface area (Å²) in [6.45, 7) is 0.861. The van der Waals surface area contributed by atoms with Gasteiger partial charge < -0.3 is 10.6 Å². The van der Waals surface area contributed by atoms with Gasteiger partial charge in [0.25, 0.3) is 0 Å². The van der Waals surface area contributed by atoms with Crippen LogP contribution in [0.4, 0.5) is 5.13 Å². The highest BCUT2D eigenvalue weighted by Gasteiger charge is 2.22. The fourth-order valence-electron chi connectivity index (χ4n) is 4.19. The minimum Gasteiger partial charge on any atom is -0.349 e. The van der Waals surface area contributed by atoms with Gasteiger partial charge in [-0.05, 0) is 49.8 Å². The van der Waals surface area contributed by atoms with E-state index in [0.29, 0.717) is 11.6 Å². The smallest absolute Gasteiger partial charge is 0.249 e. The lowest BCUT2D eigenvalue weighted by Gasteiger charge is -2.25. The monoisotopic (exact) mass is 503 g/mol. The first kappa shape index (κ1) is 25.7. The van der Waals surface area contributed by atoms with Crippen LogP contribution in [0.3, 0.4) is 0 Å². The van der Waals surface area contributed by atoms with E-state index in [1.807, 2.05) is 36.4 Å². The standard InChI is InChI=1S/C28H33N5O2S/c34-25(31-28-33-32-26(36-28)19-15-22-11-5-2-6-12-22)18-17-23(16-14-21-9-3-1-4-10-21)30-27(35)24-13-7-8-20-29-24/h1-6,9-12,17-18,23-24,29H,7-8,13-16,19-20H2,(H,30,35)(H,31,33,34)/b18-17+/t23-,24?/m0/s1. The number of carbonyl (C=O) groups is 2. The maximum atomic E-state index is 12.8. The Bertz CT molecular complexity index is 1130. The van der Waals surface area contributed by atoms with Crippen LogP contribution in [0.15, 0.2) is 72.8 Å². The quantitative estimate of drug-likeness (QED) is 0.343. The van der Waals surface area contributed by atoms with Crippen molar-refractivity contribution in [2.45, 2.75) is 57.0 Å². The van der Waals surface area contributed by atoms with E-state index < -0.39 is 0 Å². The summed E-state index contributed by atoms with van der Waals surface area (Å²) in [4.78, 5) is 25.4. The van der Waals surface area contributed by atoms with Crippen molar-refractivity contribution < 1.29 is 9.59 Å². The normalized spacial score (nSPS) is 16.5. The number of piperidine rings is 1. The van der Waals surface area contributed by atoms with Crippen LogP contribution in [-0.4, -0.2) is 40.6 Å².